The third-order valence-corrected chi connectivity index (χ3v) is 5.60. The fourth-order valence-corrected chi connectivity index (χ4v) is 4.18. The summed E-state index contributed by atoms with van der Waals surface area (Å²) in [6.45, 7) is 7.82. The molecule has 29 heavy (non-hydrogen) atoms. The Kier molecular flexibility index (Phi) is 6.49. The van der Waals surface area contributed by atoms with Gasteiger partial charge in [-0.1, -0.05) is 35.6 Å². The summed E-state index contributed by atoms with van der Waals surface area (Å²) in [5, 5.41) is 0. The van der Waals surface area contributed by atoms with Crippen molar-refractivity contribution in [2.45, 2.75) is 34.2 Å². The predicted octanol–water partition coefficient (Wildman–Crippen LogP) is 3.70. The van der Waals surface area contributed by atoms with Crippen LogP contribution in [0, 0.1) is 20.8 Å². The van der Waals surface area contributed by atoms with Crippen molar-refractivity contribution in [3.8, 4) is 5.75 Å². The number of ether oxygens (including phenoxy) is 2. The summed E-state index contributed by atoms with van der Waals surface area (Å²) < 4.78 is 13.4. The van der Waals surface area contributed by atoms with E-state index in [9.17, 15) is 9.59 Å². The van der Waals surface area contributed by atoms with Crippen molar-refractivity contribution in [1.29, 1.82) is 0 Å². The maximum atomic E-state index is 12.5. The van der Waals surface area contributed by atoms with Crippen LogP contribution in [0.25, 0.3) is 10.2 Å². The monoisotopic (exact) mass is 412 g/mol. The summed E-state index contributed by atoms with van der Waals surface area (Å²) in [5.41, 5.74) is 3.97. The number of amides is 1. The van der Waals surface area contributed by atoms with Crippen molar-refractivity contribution < 1.29 is 19.1 Å². The predicted molar refractivity (Wildman–Crippen MR) is 113 cm³/mol. The highest BCUT2D eigenvalue weighted by Crippen LogP contribution is 2.23. The second kappa shape index (κ2) is 9.05. The zero-order valence-corrected chi connectivity index (χ0v) is 17.8. The van der Waals surface area contributed by atoms with Gasteiger partial charge in [0, 0.05) is 0 Å². The number of aromatic nitrogens is 1. The van der Waals surface area contributed by atoms with Gasteiger partial charge >= 0.3 is 5.97 Å². The summed E-state index contributed by atoms with van der Waals surface area (Å²) in [4.78, 5) is 29.3. The average molecular weight is 413 g/mol. The van der Waals surface area contributed by atoms with Crippen LogP contribution in [0.3, 0.4) is 0 Å². The molecule has 2 aromatic carbocycles. The molecule has 0 spiro atoms. The van der Waals surface area contributed by atoms with Crippen LogP contribution >= 0.6 is 11.3 Å². The number of nitrogens with zero attached hydrogens (tertiary/aromatic N) is 2. The molecule has 0 N–H and O–H groups in total. The molecule has 3 rings (SSSR count). The van der Waals surface area contributed by atoms with Gasteiger partial charge in [-0.15, -0.1) is 0 Å². The van der Waals surface area contributed by atoms with E-state index in [1.54, 1.807) is 11.5 Å². The highest BCUT2D eigenvalue weighted by Gasteiger charge is 2.14. The lowest BCUT2D eigenvalue weighted by atomic mass is 10.1. The summed E-state index contributed by atoms with van der Waals surface area (Å²) in [6, 6.07) is 11.6. The number of aryl methyl sites for hydroxylation is 3. The summed E-state index contributed by atoms with van der Waals surface area (Å²) >= 11 is 1.38. The van der Waals surface area contributed by atoms with Crippen molar-refractivity contribution in [2.24, 2.45) is 4.99 Å². The molecule has 0 bridgehead atoms. The molecule has 0 fully saturated rings. The van der Waals surface area contributed by atoms with Gasteiger partial charge < -0.3 is 14.0 Å². The number of hydrogen-bond acceptors (Lipinski definition) is 5. The van der Waals surface area contributed by atoms with E-state index in [-0.39, 0.29) is 19.1 Å². The fraction of sp³-hybridized carbons (Fsp3) is 0.318. The summed E-state index contributed by atoms with van der Waals surface area (Å²) in [5.74, 6) is -0.124. The maximum absolute atomic E-state index is 12.5. The molecular formula is C22H24N2O4S. The van der Waals surface area contributed by atoms with Gasteiger partial charge in [0.25, 0.3) is 5.91 Å². The Labute approximate surface area is 173 Å². The van der Waals surface area contributed by atoms with E-state index in [0.29, 0.717) is 17.2 Å². The highest BCUT2D eigenvalue weighted by molar-refractivity contribution is 7.16. The molecule has 0 saturated carbocycles. The number of hydrogen-bond donors (Lipinski definition) is 0. The molecule has 152 valence electrons. The molecule has 3 aromatic rings. The van der Waals surface area contributed by atoms with Gasteiger partial charge in [0.2, 0.25) is 0 Å². The van der Waals surface area contributed by atoms with Crippen molar-refractivity contribution in [1.82, 2.24) is 4.57 Å². The van der Waals surface area contributed by atoms with E-state index < -0.39 is 5.91 Å². The molecule has 0 aliphatic rings. The van der Waals surface area contributed by atoms with Crippen molar-refractivity contribution in [3.63, 3.8) is 0 Å². The normalized spacial score (nSPS) is 11.7. The Bertz CT molecular complexity index is 1130. The Morgan fingerprint density at radius 1 is 1.10 bits per heavy atom. The van der Waals surface area contributed by atoms with E-state index >= 15 is 0 Å². The van der Waals surface area contributed by atoms with Gasteiger partial charge in [-0.25, -0.2) is 0 Å². The third kappa shape index (κ3) is 4.92. The second-order valence-electron chi connectivity index (χ2n) is 6.77. The Balaban J connectivity index is 1.96. The first-order valence-corrected chi connectivity index (χ1v) is 10.2. The van der Waals surface area contributed by atoms with Crippen LogP contribution in [-0.2, 0) is 20.9 Å². The number of para-hydroxylation sites is 1. The van der Waals surface area contributed by atoms with Gasteiger partial charge in [-0.05, 0) is 56.5 Å². The van der Waals surface area contributed by atoms with Crippen LogP contribution in [0.5, 0.6) is 5.75 Å². The van der Waals surface area contributed by atoms with Crippen molar-refractivity contribution >= 4 is 33.4 Å². The van der Waals surface area contributed by atoms with Gasteiger partial charge in [0.05, 0.1) is 16.8 Å². The number of esters is 1. The van der Waals surface area contributed by atoms with Gasteiger partial charge in [0.1, 0.15) is 12.3 Å². The minimum Gasteiger partial charge on any atom is -0.483 e. The molecular weight excluding hydrogens is 388 g/mol. The lowest BCUT2D eigenvalue weighted by Crippen LogP contribution is -2.24. The van der Waals surface area contributed by atoms with E-state index in [0.717, 1.165) is 26.9 Å². The van der Waals surface area contributed by atoms with E-state index in [1.165, 1.54) is 11.3 Å². The van der Waals surface area contributed by atoms with Crippen LogP contribution in [0.1, 0.15) is 23.6 Å². The average Bonchev–Trinajstić information content (AvgIpc) is 2.99. The molecule has 1 aromatic heterocycles. The number of thiazole rings is 1. The molecule has 0 aliphatic heterocycles. The van der Waals surface area contributed by atoms with Gasteiger partial charge in [-0.2, -0.15) is 4.99 Å². The Hall–Kier alpha value is -2.93. The number of carbonyl (C=O) groups excluding carboxylic acids is 2. The first-order valence-electron chi connectivity index (χ1n) is 9.41. The zero-order chi connectivity index (χ0) is 21.0. The lowest BCUT2D eigenvalue weighted by molar-refractivity contribution is -0.143. The summed E-state index contributed by atoms with van der Waals surface area (Å²) in [7, 11) is 0. The Morgan fingerprint density at radius 2 is 1.86 bits per heavy atom. The minimum atomic E-state index is -0.410. The Morgan fingerprint density at radius 3 is 2.59 bits per heavy atom. The molecule has 6 nitrogen and oxygen atoms in total. The number of benzene rings is 2. The minimum absolute atomic E-state index is 0.00149. The fourth-order valence-electron chi connectivity index (χ4n) is 3.08. The second-order valence-corrected chi connectivity index (χ2v) is 7.74. The lowest BCUT2D eigenvalue weighted by Gasteiger charge is -2.07. The molecule has 1 amide bonds. The first kappa shape index (κ1) is 20.8. The molecule has 0 saturated heterocycles. The topological polar surface area (TPSA) is 69.9 Å². The van der Waals surface area contributed by atoms with Crippen LogP contribution in [0.2, 0.25) is 0 Å². The molecule has 7 heteroatoms. The molecule has 0 atom stereocenters. The van der Waals surface area contributed by atoms with E-state index in [4.69, 9.17) is 9.47 Å². The van der Waals surface area contributed by atoms with Crippen molar-refractivity contribution in [3.05, 3.63) is 57.9 Å². The van der Waals surface area contributed by atoms with E-state index in [2.05, 4.69) is 11.1 Å². The largest absolute Gasteiger partial charge is 0.483 e. The third-order valence-electron chi connectivity index (χ3n) is 4.37. The van der Waals surface area contributed by atoms with Crippen LogP contribution in [0.15, 0.2) is 41.4 Å². The number of fused-ring (bicyclic) bond motifs is 1. The molecule has 0 unspecified atom stereocenters. The van der Waals surface area contributed by atoms with Gasteiger partial charge in [-0.3, -0.25) is 9.59 Å². The SMILES string of the molecule is CCOC(=O)Cn1c(=NC(=O)COc2ccccc2C)sc2c(C)cc(C)cc21. The molecule has 0 aliphatic carbocycles. The molecule has 1 heterocycles. The summed E-state index contributed by atoms with van der Waals surface area (Å²) in [6.07, 6.45) is 0. The maximum Gasteiger partial charge on any atom is 0.326 e. The van der Waals surface area contributed by atoms with E-state index in [1.807, 2.05) is 51.1 Å². The van der Waals surface area contributed by atoms with Crippen LogP contribution in [0.4, 0.5) is 0 Å². The number of carbonyl (C=O) groups is 2. The quantitative estimate of drug-likeness (QED) is 0.579. The zero-order valence-electron chi connectivity index (χ0n) is 17.0. The molecule has 0 radical (unpaired) electrons. The van der Waals surface area contributed by atoms with Crippen LogP contribution in [-0.4, -0.2) is 29.7 Å². The van der Waals surface area contributed by atoms with Crippen LogP contribution < -0.4 is 9.54 Å². The smallest absolute Gasteiger partial charge is 0.326 e. The number of rotatable bonds is 6. The first-order chi connectivity index (χ1) is 13.9. The van der Waals surface area contributed by atoms with Gasteiger partial charge in [0.15, 0.2) is 11.4 Å². The standard InChI is InChI=1S/C22H24N2O4S/c1-5-27-20(26)12-24-17-11-14(2)10-16(4)21(17)29-22(24)23-19(25)13-28-18-9-7-6-8-15(18)3/h6-11H,5,12-13H2,1-4H3. The van der Waals surface area contributed by atoms with Crippen molar-refractivity contribution in [2.75, 3.05) is 13.2 Å². The highest BCUT2D eigenvalue weighted by atomic mass is 32.1.